The monoisotopic (exact) mass is 229 g/mol. The molecular weight excluding hydrogens is 218 g/mol. The van der Waals surface area contributed by atoms with Crippen molar-refractivity contribution in [3.8, 4) is 11.3 Å². The van der Waals surface area contributed by atoms with E-state index in [0.29, 0.717) is 0 Å². The van der Waals surface area contributed by atoms with Crippen molar-refractivity contribution in [2.75, 3.05) is 7.11 Å². The van der Waals surface area contributed by atoms with Crippen LogP contribution in [0.3, 0.4) is 0 Å². The van der Waals surface area contributed by atoms with Gasteiger partial charge in [0, 0.05) is 11.6 Å². The fourth-order valence-electron chi connectivity index (χ4n) is 1.34. The lowest BCUT2D eigenvalue weighted by Crippen LogP contribution is -1.93. The number of nitrogens with zero attached hydrogens (tertiary/aromatic N) is 2. The molecule has 2 rings (SSSR count). The summed E-state index contributed by atoms with van der Waals surface area (Å²) in [5.41, 5.74) is 2.77. The molecule has 1 aromatic heterocycles. The van der Waals surface area contributed by atoms with Crippen LogP contribution >= 0.6 is 0 Å². The Labute approximate surface area is 98.1 Å². The first-order valence-electron chi connectivity index (χ1n) is 5.02. The summed E-state index contributed by atoms with van der Waals surface area (Å²) in [7, 11) is 1.35. The van der Waals surface area contributed by atoms with Crippen molar-refractivity contribution in [3.63, 3.8) is 0 Å². The first-order valence-corrected chi connectivity index (χ1v) is 5.02. The second kappa shape index (κ2) is 5.07. The van der Waals surface area contributed by atoms with E-state index in [9.17, 15) is 4.79 Å². The van der Waals surface area contributed by atoms with E-state index in [-0.39, 0.29) is 5.97 Å². The molecule has 5 heteroatoms. The number of ether oxygens (including phenoxy) is 1. The topological polar surface area (TPSA) is 67.9 Å². The quantitative estimate of drug-likeness (QED) is 0.642. The van der Waals surface area contributed by atoms with Crippen LogP contribution in [0.25, 0.3) is 17.3 Å². The number of hydrogen-bond donors (Lipinski definition) is 1. The highest BCUT2D eigenvalue weighted by Crippen LogP contribution is 2.16. The van der Waals surface area contributed by atoms with E-state index < -0.39 is 0 Å². The van der Waals surface area contributed by atoms with Gasteiger partial charge in [-0.1, -0.05) is 29.5 Å². The third kappa shape index (κ3) is 2.78. The van der Waals surface area contributed by atoms with Crippen molar-refractivity contribution < 1.29 is 9.53 Å². The van der Waals surface area contributed by atoms with Crippen LogP contribution in [0.4, 0.5) is 0 Å². The number of aromatic amines is 1. The summed E-state index contributed by atoms with van der Waals surface area (Å²) in [4.78, 5) is 10.9. The zero-order chi connectivity index (χ0) is 12.1. The molecule has 0 aliphatic rings. The number of H-pyrrole nitrogens is 1. The van der Waals surface area contributed by atoms with Gasteiger partial charge in [-0.05, 0) is 11.6 Å². The molecule has 2 aromatic rings. The zero-order valence-electron chi connectivity index (χ0n) is 9.25. The Morgan fingerprint density at radius 1 is 1.35 bits per heavy atom. The van der Waals surface area contributed by atoms with Crippen molar-refractivity contribution in [2.24, 2.45) is 0 Å². The normalized spacial score (nSPS) is 10.6. The van der Waals surface area contributed by atoms with Crippen LogP contribution < -0.4 is 0 Å². The molecule has 0 atom stereocenters. The fourth-order valence-corrected chi connectivity index (χ4v) is 1.34. The molecule has 5 nitrogen and oxygen atoms in total. The Morgan fingerprint density at radius 3 is 2.71 bits per heavy atom. The second-order valence-corrected chi connectivity index (χ2v) is 3.35. The van der Waals surface area contributed by atoms with E-state index in [4.69, 9.17) is 0 Å². The maximum atomic E-state index is 10.9. The molecule has 0 saturated carbocycles. The third-order valence-corrected chi connectivity index (χ3v) is 2.25. The molecule has 1 N–H and O–H groups in total. The lowest BCUT2D eigenvalue weighted by atomic mass is 10.1. The predicted molar refractivity (Wildman–Crippen MR) is 62.9 cm³/mol. The van der Waals surface area contributed by atoms with Crippen LogP contribution in [0.15, 0.2) is 36.5 Å². The molecule has 0 unspecified atom stereocenters. The number of aromatic nitrogens is 3. The number of rotatable bonds is 3. The number of hydrogen-bond acceptors (Lipinski definition) is 4. The van der Waals surface area contributed by atoms with Gasteiger partial charge in [0.15, 0.2) is 0 Å². The van der Waals surface area contributed by atoms with Gasteiger partial charge in [-0.2, -0.15) is 0 Å². The molecule has 1 heterocycles. The zero-order valence-corrected chi connectivity index (χ0v) is 9.25. The lowest BCUT2D eigenvalue weighted by Gasteiger charge is -1.97. The molecular formula is C12H11N3O2. The van der Waals surface area contributed by atoms with E-state index >= 15 is 0 Å². The van der Waals surface area contributed by atoms with E-state index in [1.54, 1.807) is 12.3 Å². The van der Waals surface area contributed by atoms with Gasteiger partial charge >= 0.3 is 5.97 Å². The number of nitrogens with one attached hydrogen (secondary N) is 1. The number of esters is 1. The molecule has 0 aliphatic carbocycles. The van der Waals surface area contributed by atoms with E-state index in [1.807, 2.05) is 24.3 Å². The van der Waals surface area contributed by atoms with Gasteiger partial charge in [0.2, 0.25) is 0 Å². The van der Waals surface area contributed by atoms with Gasteiger partial charge in [-0.15, -0.1) is 5.10 Å². The van der Waals surface area contributed by atoms with Gasteiger partial charge in [-0.25, -0.2) is 4.79 Å². The summed E-state index contributed by atoms with van der Waals surface area (Å²) in [5.74, 6) is -0.369. The maximum absolute atomic E-state index is 10.9. The number of carbonyl (C=O) groups excluding carboxylic acids is 1. The minimum absolute atomic E-state index is 0.369. The molecule has 0 amide bonds. The summed E-state index contributed by atoms with van der Waals surface area (Å²) in [6, 6.07) is 7.64. The number of methoxy groups -OCH3 is 1. The summed E-state index contributed by atoms with van der Waals surface area (Å²) in [6.45, 7) is 0. The van der Waals surface area contributed by atoms with Gasteiger partial charge < -0.3 is 4.74 Å². The van der Waals surface area contributed by atoms with Gasteiger partial charge in [0.05, 0.1) is 19.0 Å². The van der Waals surface area contributed by atoms with Crippen LogP contribution in [-0.2, 0) is 9.53 Å². The van der Waals surface area contributed by atoms with Crippen LogP contribution in [0.2, 0.25) is 0 Å². The molecule has 0 fully saturated rings. The van der Waals surface area contributed by atoms with Gasteiger partial charge in [0.1, 0.15) is 0 Å². The Bertz CT molecular complexity index is 515. The van der Waals surface area contributed by atoms with Crippen molar-refractivity contribution in [1.82, 2.24) is 15.4 Å². The molecule has 0 bridgehead atoms. The minimum Gasteiger partial charge on any atom is -0.466 e. The molecule has 86 valence electrons. The minimum atomic E-state index is -0.369. The molecule has 1 aromatic carbocycles. The first-order chi connectivity index (χ1) is 8.29. The molecule has 0 saturated heterocycles. The lowest BCUT2D eigenvalue weighted by molar-refractivity contribution is -0.134. The summed E-state index contributed by atoms with van der Waals surface area (Å²) in [6.07, 6.45) is 4.73. The summed E-state index contributed by atoms with van der Waals surface area (Å²) >= 11 is 0. The molecule has 0 aliphatic heterocycles. The van der Waals surface area contributed by atoms with Crippen LogP contribution in [-0.4, -0.2) is 28.5 Å². The Kier molecular flexibility index (Phi) is 3.30. The second-order valence-electron chi connectivity index (χ2n) is 3.35. The van der Waals surface area contributed by atoms with Crippen LogP contribution in [0, 0.1) is 0 Å². The van der Waals surface area contributed by atoms with Gasteiger partial charge in [0.25, 0.3) is 0 Å². The predicted octanol–water partition coefficient (Wildman–Crippen LogP) is 1.66. The first kappa shape index (κ1) is 11.1. The fraction of sp³-hybridized carbons (Fsp3) is 0.0833. The number of benzene rings is 1. The third-order valence-electron chi connectivity index (χ3n) is 2.25. The summed E-state index contributed by atoms with van der Waals surface area (Å²) in [5, 5.41) is 10.1. The summed E-state index contributed by atoms with van der Waals surface area (Å²) < 4.78 is 4.51. The van der Waals surface area contributed by atoms with Crippen molar-refractivity contribution in [1.29, 1.82) is 0 Å². The maximum Gasteiger partial charge on any atom is 0.330 e. The van der Waals surface area contributed by atoms with E-state index in [2.05, 4.69) is 20.1 Å². The highest BCUT2D eigenvalue weighted by molar-refractivity contribution is 5.87. The van der Waals surface area contributed by atoms with E-state index in [1.165, 1.54) is 13.2 Å². The average Bonchev–Trinajstić information content (AvgIpc) is 2.90. The Balaban J connectivity index is 2.14. The van der Waals surface area contributed by atoms with Crippen LogP contribution in [0.5, 0.6) is 0 Å². The van der Waals surface area contributed by atoms with Crippen molar-refractivity contribution in [2.45, 2.75) is 0 Å². The van der Waals surface area contributed by atoms with E-state index in [0.717, 1.165) is 16.8 Å². The van der Waals surface area contributed by atoms with Crippen molar-refractivity contribution in [3.05, 3.63) is 42.1 Å². The standard InChI is InChI=1S/C12H11N3O2/c1-17-12(16)7-4-9-2-5-10(6-3-9)11-8-13-15-14-11/h2-8H,1H3,(H,13,14,15)/b7-4+. The van der Waals surface area contributed by atoms with Crippen molar-refractivity contribution >= 4 is 12.0 Å². The Hall–Kier alpha value is -2.43. The number of carbonyl (C=O) groups is 1. The van der Waals surface area contributed by atoms with Crippen LogP contribution in [0.1, 0.15) is 5.56 Å². The Morgan fingerprint density at radius 2 is 2.12 bits per heavy atom. The smallest absolute Gasteiger partial charge is 0.330 e. The molecule has 17 heavy (non-hydrogen) atoms. The van der Waals surface area contributed by atoms with Gasteiger partial charge in [-0.3, -0.25) is 5.10 Å². The SMILES string of the molecule is COC(=O)/C=C/c1ccc(-c2cnn[nH]2)cc1. The highest BCUT2D eigenvalue weighted by atomic mass is 16.5. The molecule has 0 spiro atoms. The largest absolute Gasteiger partial charge is 0.466 e. The molecule has 0 radical (unpaired) electrons. The highest BCUT2D eigenvalue weighted by Gasteiger charge is 1.98. The average molecular weight is 229 g/mol.